The molecule has 2 atom stereocenters. The van der Waals surface area contributed by atoms with Crippen LogP contribution in [0.25, 0.3) is 11.4 Å². The first-order valence-corrected chi connectivity index (χ1v) is 12.2. The second-order valence-electron chi connectivity index (χ2n) is 9.03. The fraction of sp³-hybridized carbons (Fsp3) is 0.320. The summed E-state index contributed by atoms with van der Waals surface area (Å²) in [5, 5.41) is 17.7. The summed E-state index contributed by atoms with van der Waals surface area (Å²) in [6, 6.07) is 9.76. The molecular weight excluding hydrogens is 584 g/mol. The van der Waals surface area contributed by atoms with Crippen LogP contribution >= 0.6 is 11.6 Å². The number of hydrogen-bond donors (Lipinski definition) is 1. The number of aromatic nitrogens is 5. The van der Waals surface area contributed by atoms with Crippen LogP contribution < -0.4 is 5.69 Å². The molecule has 0 saturated heterocycles. The Kier molecular flexibility index (Phi) is 8.40. The second-order valence-corrected chi connectivity index (χ2v) is 9.47. The molecule has 2 aromatic carbocycles. The minimum atomic E-state index is -5.05. The number of Topliss-reactive ketones (excluding diaryl/α,β-unsaturated/α-hetero) is 1. The fourth-order valence-corrected chi connectivity index (χ4v) is 4.13. The van der Waals surface area contributed by atoms with Gasteiger partial charge in [0.25, 0.3) is 0 Å². The van der Waals surface area contributed by atoms with E-state index in [2.05, 4.69) is 15.2 Å². The molecule has 0 amide bonds. The predicted molar refractivity (Wildman–Crippen MR) is 131 cm³/mol. The van der Waals surface area contributed by atoms with E-state index in [1.54, 1.807) is 0 Å². The molecule has 4 aromatic rings. The van der Waals surface area contributed by atoms with Crippen molar-refractivity contribution in [2.45, 2.75) is 50.8 Å². The number of halogens is 7. The van der Waals surface area contributed by atoms with Crippen molar-refractivity contribution in [1.29, 1.82) is 0 Å². The molecule has 2 aromatic heterocycles. The van der Waals surface area contributed by atoms with Crippen LogP contribution in [0.4, 0.5) is 26.3 Å². The monoisotopic (exact) mass is 603 g/mol. The Morgan fingerprint density at radius 2 is 1.78 bits per heavy atom. The molecule has 0 aliphatic rings. The molecule has 41 heavy (non-hydrogen) atoms. The van der Waals surface area contributed by atoms with Crippen molar-refractivity contribution in [3.05, 3.63) is 86.9 Å². The Balaban J connectivity index is 1.68. The van der Waals surface area contributed by atoms with Crippen molar-refractivity contribution >= 4 is 17.4 Å². The summed E-state index contributed by atoms with van der Waals surface area (Å²) in [6.45, 7) is -0.508. The maximum absolute atomic E-state index is 13.3. The molecule has 0 saturated carbocycles. The molecule has 2 heterocycles. The van der Waals surface area contributed by atoms with Gasteiger partial charge in [-0.1, -0.05) is 35.0 Å². The summed E-state index contributed by atoms with van der Waals surface area (Å²) in [7, 11) is 0. The lowest BCUT2D eigenvalue weighted by Crippen LogP contribution is -2.37. The van der Waals surface area contributed by atoms with Crippen LogP contribution in [0.5, 0.6) is 0 Å². The minimum Gasteiger partial charge on any atom is -0.382 e. The summed E-state index contributed by atoms with van der Waals surface area (Å²) < 4.78 is 85.4. The van der Waals surface area contributed by atoms with Crippen LogP contribution in [-0.2, 0) is 24.1 Å². The Bertz CT molecular complexity index is 1590. The first-order valence-electron chi connectivity index (χ1n) is 11.8. The normalized spacial score (nSPS) is 13.8. The number of benzene rings is 2. The summed E-state index contributed by atoms with van der Waals surface area (Å²) in [5.41, 5.74) is -1.88. The van der Waals surface area contributed by atoms with Crippen LogP contribution in [0.1, 0.15) is 35.2 Å². The van der Waals surface area contributed by atoms with Crippen molar-refractivity contribution in [2.24, 2.45) is 0 Å². The zero-order valence-electron chi connectivity index (χ0n) is 20.9. The number of aliphatic hydroxyl groups excluding tert-OH is 1. The van der Waals surface area contributed by atoms with E-state index in [0.717, 1.165) is 18.2 Å². The third-order valence-electron chi connectivity index (χ3n) is 5.99. The van der Waals surface area contributed by atoms with Crippen molar-refractivity contribution in [1.82, 2.24) is 24.5 Å². The zero-order valence-corrected chi connectivity index (χ0v) is 21.7. The van der Waals surface area contributed by atoms with E-state index in [-0.39, 0.29) is 28.7 Å². The van der Waals surface area contributed by atoms with E-state index >= 15 is 0 Å². The largest absolute Gasteiger partial charge is 0.416 e. The lowest BCUT2D eigenvalue weighted by molar-refractivity contribution is -0.207. The number of hydrogen-bond acceptors (Lipinski definition) is 7. The third-order valence-corrected chi connectivity index (χ3v) is 6.24. The number of alkyl halides is 6. The van der Waals surface area contributed by atoms with E-state index in [1.807, 2.05) is 0 Å². The van der Waals surface area contributed by atoms with Crippen LogP contribution in [0.3, 0.4) is 0 Å². The summed E-state index contributed by atoms with van der Waals surface area (Å²) in [5.74, 6) is -2.09. The number of ketones is 1. The van der Waals surface area contributed by atoms with Crippen molar-refractivity contribution < 1.29 is 40.8 Å². The molecule has 0 aliphatic heterocycles. The Hall–Kier alpha value is -3.98. The highest BCUT2D eigenvalue weighted by molar-refractivity contribution is 6.30. The van der Waals surface area contributed by atoms with E-state index in [0.29, 0.717) is 14.3 Å². The number of nitrogens with zero attached hydrogens (tertiary/aromatic N) is 5. The first-order chi connectivity index (χ1) is 19.1. The summed E-state index contributed by atoms with van der Waals surface area (Å²) >= 11 is 5.87. The molecule has 1 N–H and O–H groups in total. The lowest BCUT2D eigenvalue weighted by atomic mass is 9.91. The Morgan fingerprint density at radius 3 is 2.37 bits per heavy atom. The van der Waals surface area contributed by atoms with Crippen LogP contribution in [0, 0.1) is 6.92 Å². The molecule has 1 unspecified atom stereocenters. The van der Waals surface area contributed by atoms with Gasteiger partial charge >= 0.3 is 18.0 Å². The van der Waals surface area contributed by atoms with Gasteiger partial charge in [0, 0.05) is 23.9 Å². The average Bonchev–Trinajstić information content (AvgIpc) is 3.45. The molecule has 4 rings (SSSR count). The number of aryl methyl sites for hydroxylation is 1. The van der Waals surface area contributed by atoms with Gasteiger partial charge in [-0.3, -0.25) is 9.36 Å². The quantitative estimate of drug-likeness (QED) is 0.274. The van der Waals surface area contributed by atoms with Crippen LogP contribution in [0.15, 0.2) is 57.8 Å². The number of rotatable bonds is 9. The Morgan fingerprint density at radius 1 is 1.10 bits per heavy atom. The molecule has 0 aliphatic carbocycles. The maximum atomic E-state index is 13.3. The van der Waals surface area contributed by atoms with E-state index < -0.39 is 60.9 Å². The predicted octanol–water partition coefficient (Wildman–Crippen LogP) is 4.79. The molecule has 16 heteroatoms. The topological polar surface area (TPSA) is 116 Å². The highest BCUT2D eigenvalue weighted by Crippen LogP contribution is 2.34. The highest BCUT2D eigenvalue weighted by atomic mass is 35.5. The second kappa shape index (κ2) is 11.5. The lowest BCUT2D eigenvalue weighted by Gasteiger charge is -2.15. The SMILES string of the molecule is Cc1nc(C(CC(=O)Cn2nc(-c3ccc(Cl)cc3)n(C[C@H](O)C(F)(F)F)c2=O)c2cccc(C(F)(F)F)c2)no1. The van der Waals surface area contributed by atoms with Crippen molar-refractivity contribution in [2.75, 3.05) is 0 Å². The number of carbonyl (C=O) groups is 1. The molecule has 0 bridgehead atoms. The van der Waals surface area contributed by atoms with Gasteiger partial charge in [-0.15, -0.1) is 5.10 Å². The highest BCUT2D eigenvalue weighted by Gasteiger charge is 2.39. The van der Waals surface area contributed by atoms with Gasteiger partial charge in [-0.25, -0.2) is 9.48 Å². The van der Waals surface area contributed by atoms with E-state index in [1.165, 1.54) is 37.3 Å². The van der Waals surface area contributed by atoms with Gasteiger partial charge in [-0.2, -0.15) is 31.3 Å². The smallest absolute Gasteiger partial charge is 0.382 e. The van der Waals surface area contributed by atoms with Gasteiger partial charge in [0.2, 0.25) is 5.89 Å². The van der Waals surface area contributed by atoms with Crippen LogP contribution in [-0.4, -0.2) is 47.7 Å². The standard InChI is InChI=1S/C25H20ClF6N5O4/c1-13-33-21(35-41-13)19(15-3-2-4-16(9-15)24(27,28)29)10-18(38)11-37-23(40)36(12-20(39)25(30,31)32)22(34-37)14-5-7-17(26)8-6-14/h2-9,19-20,39H,10-12H2,1H3/t19?,20-/m0/s1. The third kappa shape index (κ3) is 7.03. The molecule has 9 nitrogen and oxygen atoms in total. The van der Waals surface area contributed by atoms with Gasteiger partial charge in [0.15, 0.2) is 23.5 Å². The van der Waals surface area contributed by atoms with Crippen molar-refractivity contribution in [3.63, 3.8) is 0 Å². The first kappa shape index (κ1) is 30.0. The average molecular weight is 604 g/mol. The number of aliphatic hydroxyl groups is 1. The molecule has 0 spiro atoms. The van der Waals surface area contributed by atoms with Gasteiger partial charge in [0.1, 0.15) is 6.54 Å². The zero-order chi connectivity index (χ0) is 30.1. The van der Waals surface area contributed by atoms with Crippen LogP contribution in [0.2, 0.25) is 5.02 Å². The fourth-order valence-electron chi connectivity index (χ4n) is 4.00. The molecule has 0 fully saturated rings. The number of carbonyl (C=O) groups excluding carboxylic acids is 1. The van der Waals surface area contributed by atoms with E-state index in [4.69, 9.17) is 16.1 Å². The van der Waals surface area contributed by atoms with Crippen molar-refractivity contribution in [3.8, 4) is 11.4 Å². The van der Waals surface area contributed by atoms with Gasteiger partial charge in [0.05, 0.1) is 18.0 Å². The van der Waals surface area contributed by atoms with Gasteiger partial charge < -0.3 is 9.63 Å². The Labute approximate surface area is 232 Å². The summed E-state index contributed by atoms with van der Waals surface area (Å²) in [6.07, 6.45) is -13.1. The molecule has 218 valence electrons. The van der Waals surface area contributed by atoms with Gasteiger partial charge in [-0.05, 0) is 35.9 Å². The summed E-state index contributed by atoms with van der Waals surface area (Å²) in [4.78, 5) is 30.2. The minimum absolute atomic E-state index is 0.0435. The molecular formula is C25H20ClF6N5O4. The van der Waals surface area contributed by atoms with E-state index in [9.17, 15) is 41.0 Å². The molecule has 0 radical (unpaired) electrons. The maximum Gasteiger partial charge on any atom is 0.416 e.